The van der Waals surface area contributed by atoms with E-state index < -0.39 is 17.8 Å². The Hall–Kier alpha value is 0.463. The average Bonchev–Trinajstić information content (AvgIpc) is 2.19. The summed E-state index contributed by atoms with van der Waals surface area (Å²) >= 11 is -1.39. The second-order valence-electron chi connectivity index (χ2n) is 2.60. The van der Waals surface area contributed by atoms with Crippen molar-refractivity contribution in [2.24, 2.45) is 0 Å². The Morgan fingerprint density at radius 1 is 0.923 bits per heavy atom. The minimum atomic E-state index is -1.39. The molecule has 76 valence electrons. The number of hydrogen-bond acceptors (Lipinski definition) is 4. The molecule has 0 aliphatic rings. The Morgan fingerprint density at radius 3 is 1.54 bits per heavy atom. The fraction of sp³-hybridized carbons (Fsp3) is 1.00. The molecule has 13 heavy (non-hydrogen) atoms. The van der Waals surface area contributed by atoms with Crippen LogP contribution in [0.5, 0.6) is 0 Å². The van der Waals surface area contributed by atoms with Gasteiger partial charge in [0.1, 0.15) is 0 Å². The molecule has 2 atom stereocenters. The summed E-state index contributed by atoms with van der Waals surface area (Å²) < 4.78 is 21.0. The van der Waals surface area contributed by atoms with Gasteiger partial charge < -0.3 is 0 Å². The summed E-state index contributed by atoms with van der Waals surface area (Å²) in [7, 11) is 3.29. The topological polar surface area (TPSA) is 36.9 Å². The molecular weight excluding hydrogens is 225 g/mol. The van der Waals surface area contributed by atoms with Gasteiger partial charge in [-0.3, -0.25) is 0 Å². The second-order valence-corrected chi connectivity index (χ2v) is 4.49. The first-order valence-electron chi connectivity index (χ1n) is 4.57. The van der Waals surface area contributed by atoms with Crippen LogP contribution in [0.15, 0.2) is 0 Å². The maximum absolute atomic E-state index is 5.44. The van der Waals surface area contributed by atoms with Crippen molar-refractivity contribution in [2.75, 3.05) is 14.2 Å². The molecule has 0 radical (unpaired) electrons. The van der Waals surface area contributed by atoms with Crippen molar-refractivity contribution < 1.29 is 34.4 Å². The third kappa shape index (κ3) is 6.52. The molecule has 0 heterocycles. The van der Waals surface area contributed by atoms with Gasteiger partial charge in [-0.05, 0) is 0 Å². The summed E-state index contributed by atoms with van der Waals surface area (Å²) in [5.74, 6) is 0. The second kappa shape index (κ2) is 9.04. The zero-order chi connectivity index (χ0) is 10.1. The zero-order valence-corrected chi connectivity index (χ0v) is 11.9. The fourth-order valence-corrected chi connectivity index (χ4v) is 3.26. The van der Waals surface area contributed by atoms with Gasteiger partial charge in [0, 0.05) is 0 Å². The van der Waals surface area contributed by atoms with Gasteiger partial charge in [0.05, 0.1) is 0 Å². The minimum absolute atomic E-state index is 0.102. The first-order chi connectivity index (χ1) is 6.28. The predicted octanol–water partition coefficient (Wildman–Crippen LogP) is 1.70. The van der Waals surface area contributed by atoms with E-state index in [9.17, 15) is 0 Å². The van der Waals surface area contributed by atoms with Crippen molar-refractivity contribution >= 4 is 0 Å². The Kier molecular flexibility index (Phi) is 9.36. The van der Waals surface area contributed by atoms with Gasteiger partial charge in [-0.25, -0.2) is 0 Å². The molecular formula is C8H18O4Zn. The molecule has 5 heteroatoms. The van der Waals surface area contributed by atoms with E-state index in [1.54, 1.807) is 14.2 Å². The quantitative estimate of drug-likeness (QED) is 0.480. The molecule has 0 rings (SSSR count). The first kappa shape index (κ1) is 13.5. The van der Waals surface area contributed by atoms with Gasteiger partial charge in [-0.2, -0.15) is 0 Å². The molecule has 0 saturated carbocycles. The van der Waals surface area contributed by atoms with Crippen LogP contribution in [0.4, 0.5) is 0 Å². The van der Waals surface area contributed by atoms with E-state index in [1.807, 2.05) is 13.8 Å². The summed E-state index contributed by atoms with van der Waals surface area (Å²) in [6.45, 7) is 4.04. The van der Waals surface area contributed by atoms with Crippen molar-refractivity contribution in [2.45, 2.75) is 39.3 Å². The van der Waals surface area contributed by atoms with Crippen LogP contribution in [0, 0.1) is 0 Å². The monoisotopic (exact) mass is 242 g/mol. The summed E-state index contributed by atoms with van der Waals surface area (Å²) in [5.41, 5.74) is 0. The summed E-state index contributed by atoms with van der Waals surface area (Å²) in [6, 6.07) is 0. The Balaban J connectivity index is 3.41. The fourth-order valence-electron chi connectivity index (χ4n) is 0.896. The van der Waals surface area contributed by atoms with Crippen LogP contribution in [0.2, 0.25) is 0 Å². The third-order valence-corrected chi connectivity index (χ3v) is 3.83. The molecule has 0 aromatic heterocycles. The maximum atomic E-state index is 5.44. The Morgan fingerprint density at radius 2 is 1.31 bits per heavy atom. The molecule has 0 spiro atoms. The van der Waals surface area contributed by atoms with E-state index in [0.717, 1.165) is 12.8 Å². The van der Waals surface area contributed by atoms with Gasteiger partial charge in [-0.1, -0.05) is 0 Å². The predicted molar refractivity (Wildman–Crippen MR) is 44.3 cm³/mol. The Bertz CT molecular complexity index is 92.3. The SMILES string of the molecule is CCC(OC)[O][Zn][O]C(CC)OC. The summed E-state index contributed by atoms with van der Waals surface area (Å²) in [5, 5.41) is 0. The molecule has 0 fully saturated rings. The van der Waals surface area contributed by atoms with Gasteiger partial charge in [0.2, 0.25) is 0 Å². The van der Waals surface area contributed by atoms with Crippen LogP contribution in [0.3, 0.4) is 0 Å². The van der Waals surface area contributed by atoms with Gasteiger partial charge >= 0.3 is 87.9 Å². The molecule has 4 nitrogen and oxygen atoms in total. The van der Waals surface area contributed by atoms with E-state index in [0.29, 0.717) is 0 Å². The molecule has 0 saturated heterocycles. The van der Waals surface area contributed by atoms with E-state index in [-0.39, 0.29) is 12.6 Å². The summed E-state index contributed by atoms with van der Waals surface area (Å²) in [4.78, 5) is 0. The number of methoxy groups -OCH3 is 2. The molecule has 0 bridgehead atoms. The van der Waals surface area contributed by atoms with Crippen molar-refractivity contribution in [1.29, 1.82) is 0 Å². The standard InChI is InChI=1S/2C4H9O2.Zn/c2*1-3-4(5)6-2;/h2*4H,3H2,1-2H3;/q2*-1;+2. The number of rotatable bonds is 8. The van der Waals surface area contributed by atoms with Crippen molar-refractivity contribution in [1.82, 2.24) is 0 Å². The summed E-state index contributed by atoms with van der Waals surface area (Å²) in [6.07, 6.45) is 1.51. The van der Waals surface area contributed by atoms with Crippen LogP contribution in [-0.4, -0.2) is 26.8 Å². The first-order valence-corrected chi connectivity index (χ1v) is 6.99. The third-order valence-electron chi connectivity index (χ3n) is 1.70. The number of hydrogen-bond donors (Lipinski definition) is 0. The van der Waals surface area contributed by atoms with Crippen LogP contribution in [-0.2, 0) is 34.4 Å². The number of ether oxygens (including phenoxy) is 2. The van der Waals surface area contributed by atoms with Crippen LogP contribution in [0.25, 0.3) is 0 Å². The van der Waals surface area contributed by atoms with Crippen molar-refractivity contribution in [3.63, 3.8) is 0 Å². The van der Waals surface area contributed by atoms with Crippen molar-refractivity contribution in [3.8, 4) is 0 Å². The molecule has 0 amide bonds. The zero-order valence-electron chi connectivity index (χ0n) is 8.91. The van der Waals surface area contributed by atoms with Gasteiger partial charge in [0.15, 0.2) is 0 Å². The van der Waals surface area contributed by atoms with E-state index in [2.05, 4.69) is 0 Å². The molecule has 0 aromatic rings. The van der Waals surface area contributed by atoms with Crippen molar-refractivity contribution in [3.05, 3.63) is 0 Å². The normalized spacial score (nSPS) is 15.1. The van der Waals surface area contributed by atoms with E-state index in [4.69, 9.17) is 16.6 Å². The van der Waals surface area contributed by atoms with Crippen LogP contribution < -0.4 is 0 Å². The molecule has 2 unspecified atom stereocenters. The van der Waals surface area contributed by atoms with E-state index >= 15 is 0 Å². The molecule has 0 aliphatic carbocycles. The van der Waals surface area contributed by atoms with Gasteiger partial charge in [0.25, 0.3) is 0 Å². The molecule has 0 aromatic carbocycles. The van der Waals surface area contributed by atoms with E-state index in [1.165, 1.54) is 0 Å². The van der Waals surface area contributed by atoms with Crippen LogP contribution in [0.1, 0.15) is 26.7 Å². The van der Waals surface area contributed by atoms with Gasteiger partial charge in [-0.15, -0.1) is 0 Å². The average molecular weight is 244 g/mol. The molecule has 0 aliphatic heterocycles. The van der Waals surface area contributed by atoms with Crippen LogP contribution >= 0.6 is 0 Å². The molecule has 0 N–H and O–H groups in total. The Labute approximate surface area is 88.3 Å².